The van der Waals surface area contributed by atoms with Crippen LogP contribution in [0.2, 0.25) is 0 Å². The molecule has 8 heteroatoms. The number of ether oxygens (including phenoxy) is 1. The van der Waals surface area contributed by atoms with Gasteiger partial charge in [0.1, 0.15) is 5.82 Å². The lowest BCUT2D eigenvalue weighted by atomic mass is 10.1. The van der Waals surface area contributed by atoms with Crippen molar-refractivity contribution >= 4 is 16.0 Å². The molecule has 21 heavy (non-hydrogen) atoms. The summed E-state index contributed by atoms with van der Waals surface area (Å²) < 4.78 is 45.7. The van der Waals surface area contributed by atoms with Crippen molar-refractivity contribution in [1.82, 2.24) is 4.72 Å². The van der Waals surface area contributed by atoms with E-state index in [0.29, 0.717) is 13.2 Å². The molecule has 1 atom stereocenters. The van der Waals surface area contributed by atoms with Crippen LogP contribution in [0.25, 0.3) is 0 Å². The van der Waals surface area contributed by atoms with Crippen molar-refractivity contribution in [2.45, 2.75) is 18.2 Å². The molecule has 0 saturated carbocycles. The fourth-order valence-corrected chi connectivity index (χ4v) is 3.50. The van der Waals surface area contributed by atoms with Gasteiger partial charge in [-0.05, 0) is 31.4 Å². The Hall–Kier alpha value is -1.51. The quantitative estimate of drug-likeness (QED) is 0.850. The van der Waals surface area contributed by atoms with Crippen LogP contribution in [-0.4, -0.2) is 39.3 Å². The molecule has 1 saturated heterocycles. The van der Waals surface area contributed by atoms with Crippen molar-refractivity contribution in [3.8, 4) is 0 Å². The molecule has 2 N–H and O–H groups in total. The molecule has 1 aromatic carbocycles. The molecule has 6 nitrogen and oxygen atoms in total. The summed E-state index contributed by atoms with van der Waals surface area (Å²) in [5.74, 6) is -2.17. The number of rotatable bonds is 5. The molecular weight excluding hydrogens is 301 g/mol. The second-order valence-electron chi connectivity index (χ2n) is 4.97. The van der Waals surface area contributed by atoms with Gasteiger partial charge in [0.2, 0.25) is 10.0 Å². The molecule has 116 valence electrons. The van der Waals surface area contributed by atoms with Crippen molar-refractivity contribution in [1.29, 1.82) is 0 Å². The van der Waals surface area contributed by atoms with E-state index in [2.05, 4.69) is 4.72 Å². The van der Waals surface area contributed by atoms with Gasteiger partial charge in [-0.15, -0.1) is 0 Å². The number of benzene rings is 1. The normalized spacial score (nSPS) is 18.9. The van der Waals surface area contributed by atoms with Crippen molar-refractivity contribution < 1.29 is 27.4 Å². The lowest BCUT2D eigenvalue weighted by molar-refractivity contribution is 0.0696. The molecule has 1 aliphatic rings. The van der Waals surface area contributed by atoms with Crippen molar-refractivity contribution in [2.75, 3.05) is 19.8 Å². The van der Waals surface area contributed by atoms with Gasteiger partial charge in [0.15, 0.2) is 0 Å². The summed E-state index contributed by atoms with van der Waals surface area (Å²) in [5.41, 5.74) is -0.502. The topological polar surface area (TPSA) is 92.7 Å². The highest BCUT2D eigenvalue weighted by Crippen LogP contribution is 2.21. The Balaban J connectivity index is 2.27. The summed E-state index contributed by atoms with van der Waals surface area (Å²) in [4.78, 5) is 10.6. The van der Waals surface area contributed by atoms with E-state index in [4.69, 9.17) is 9.84 Å². The zero-order valence-corrected chi connectivity index (χ0v) is 12.2. The molecule has 0 amide bonds. The second kappa shape index (κ2) is 6.08. The highest BCUT2D eigenvalue weighted by molar-refractivity contribution is 7.89. The van der Waals surface area contributed by atoms with E-state index in [1.807, 2.05) is 0 Å². The summed E-state index contributed by atoms with van der Waals surface area (Å²) in [7, 11) is -3.97. The van der Waals surface area contributed by atoms with Gasteiger partial charge in [0, 0.05) is 18.7 Å². The molecular formula is C13H16FNO5S. The van der Waals surface area contributed by atoms with Crippen molar-refractivity contribution in [3.63, 3.8) is 0 Å². The largest absolute Gasteiger partial charge is 0.478 e. The number of aromatic carboxylic acids is 1. The zero-order chi connectivity index (χ0) is 15.6. The number of hydrogen-bond acceptors (Lipinski definition) is 4. The number of carboxylic acids is 1. The number of hydrogen-bond donors (Lipinski definition) is 2. The van der Waals surface area contributed by atoms with E-state index >= 15 is 0 Å². The van der Waals surface area contributed by atoms with Gasteiger partial charge in [0.25, 0.3) is 0 Å². The summed E-state index contributed by atoms with van der Waals surface area (Å²) in [6.07, 6.45) is 0.755. The SMILES string of the molecule is Cc1c(F)cc(C(=O)O)cc1S(=O)(=O)NCC1CCOC1. The molecule has 0 bridgehead atoms. The Labute approximate surface area is 122 Å². The van der Waals surface area contributed by atoms with Crippen LogP contribution >= 0.6 is 0 Å². The van der Waals surface area contributed by atoms with Gasteiger partial charge in [-0.2, -0.15) is 0 Å². The third kappa shape index (κ3) is 3.58. The second-order valence-corrected chi connectivity index (χ2v) is 6.70. The molecule has 2 rings (SSSR count). The molecule has 0 aliphatic carbocycles. The van der Waals surface area contributed by atoms with E-state index in [1.165, 1.54) is 6.92 Å². The molecule has 1 heterocycles. The standard InChI is InChI=1S/C13H16FNO5S/c1-8-11(14)4-10(13(16)17)5-12(8)21(18,19)15-6-9-2-3-20-7-9/h4-5,9,15H,2-3,6-7H2,1H3,(H,16,17). The maximum atomic E-state index is 13.7. The van der Waals surface area contributed by atoms with Gasteiger partial charge >= 0.3 is 5.97 Å². The minimum Gasteiger partial charge on any atom is -0.478 e. The third-order valence-electron chi connectivity index (χ3n) is 3.42. The van der Waals surface area contributed by atoms with E-state index in [1.54, 1.807) is 0 Å². The van der Waals surface area contributed by atoms with Gasteiger partial charge in [-0.25, -0.2) is 22.3 Å². The summed E-state index contributed by atoms with van der Waals surface area (Å²) in [6.45, 7) is 2.55. The first-order valence-corrected chi connectivity index (χ1v) is 7.90. The molecule has 1 aliphatic heterocycles. The maximum Gasteiger partial charge on any atom is 0.335 e. The Bertz CT molecular complexity index is 653. The highest BCUT2D eigenvalue weighted by Gasteiger charge is 2.24. The predicted molar refractivity (Wildman–Crippen MR) is 72.2 cm³/mol. The van der Waals surface area contributed by atoms with Gasteiger partial charge in [-0.1, -0.05) is 0 Å². The third-order valence-corrected chi connectivity index (χ3v) is 4.97. The minimum atomic E-state index is -3.97. The van der Waals surface area contributed by atoms with Crippen LogP contribution in [0.15, 0.2) is 17.0 Å². The Morgan fingerprint density at radius 1 is 1.52 bits per heavy atom. The number of carbonyl (C=O) groups is 1. The van der Waals surface area contributed by atoms with Crippen molar-refractivity contribution in [2.24, 2.45) is 5.92 Å². The van der Waals surface area contributed by atoms with E-state index in [0.717, 1.165) is 18.6 Å². The summed E-state index contributed by atoms with van der Waals surface area (Å²) >= 11 is 0. The zero-order valence-electron chi connectivity index (χ0n) is 11.4. The Kier molecular flexibility index (Phi) is 4.60. The molecule has 1 aromatic rings. The summed E-state index contributed by atoms with van der Waals surface area (Å²) in [6, 6.07) is 1.77. The highest BCUT2D eigenvalue weighted by atomic mass is 32.2. The van der Waals surface area contributed by atoms with Gasteiger partial charge in [0.05, 0.1) is 17.1 Å². The molecule has 0 aromatic heterocycles. The molecule has 1 unspecified atom stereocenters. The maximum absolute atomic E-state index is 13.7. The first-order chi connectivity index (χ1) is 9.81. The van der Waals surface area contributed by atoms with Crippen LogP contribution in [0, 0.1) is 18.7 Å². The Morgan fingerprint density at radius 3 is 2.81 bits per heavy atom. The first-order valence-electron chi connectivity index (χ1n) is 6.42. The van der Waals surface area contributed by atoms with Crippen LogP contribution in [0.1, 0.15) is 22.3 Å². The molecule has 0 radical (unpaired) electrons. The number of halogens is 1. The average molecular weight is 317 g/mol. The average Bonchev–Trinajstić information content (AvgIpc) is 2.92. The van der Waals surface area contributed by atoms with Crippen LogP contribution in [0.4, 0.5) is 4.39 Å². The van der Waals surface area contributed by atoms with Crippen LogP contribution < -0.4 is 4.72 Å². The van der Waals surface area contributed by atoms with Crippen LogP contribution in [0.5, 0.6) is 0 Å². The minimum absolute atomic E-state index is 0.0765. The lowest BCUT2D eigenvalue weighted by Crippen LogP contribution is -2.30. The van der Waals surface area contributed by atoms with Gasteiger partial charge in [-0.3, -0.25) is 0 Å². The summed E-state index contributed by atoms with van der Waals surface area (Å²) in [5, 5.41) is 8.89. The van der Waals surface area contributed by atoms with E-state index < -0.39 is 27.4 Å². The smallest absolute Gasteiger partial charge is 0.335 e. The van der Waals surface area contributed by atoms with Gasteiger partial charge < -0.3 is 9.84 Å². The monoisotopic (exact) mass is 317 g/mol. The molecule has 1 fully saturated rings. The van der Waals surface area contributed by atoms with Crippen LogP contribution in [-0.2, 0) is 14.8 Å². The predicted octanol–water partition coefficient (Wildman–Crippen LogP) is 1.15. The number of carboxylic acid groups (broad SMARTS) is 1. The Morgan fingerprint density at radius 2 is 2.24 bits per heavy atom. The first kappa shape index (κ1) is 15.9. The van der Waals surface area contributed by atoms with Crippen molar-refractivity contribution in [3.05, 3.63) is 29.1 Å². The molecule has 0 spiro atoms. The fraction of sp³-hybridized carbons (Fsp3) is 0.462. The van der Waals surface area contributed by atoms with E-state index in [9.17, 15) is 17.6 Å². The lowest BCUT2D eigenvalue weighted by Gasteiger charge is -2.13. The number of nitrogens with one attached hydrogen (secondary N) is 1. The number of sulfonamides is 1. The fourth-order valence-electron chi connectivity index (χ4n) is 2.11. The van der Waals surface area contributed by atoms with E-state index in [-0.39, 0.29) is 22.9 Å². The van der Waals surface area contributed by atoms with Crippen LogP contribution in [0.3, 0.4) is 0 Å².